The van der Waals surface area contributed by atoms with Gasteiger partial charge in [-0.25, -0.2) is 4.79 Å². The van der Waals surface area contributed by atoms with Gasteiger partial charge in [-0.1, -0.05) is 29.8 Å². The number of urea groups is 1. The summed E-state index contributed by atoms with van der Waals surface area (Å²) in [6, 6.07) is 14.8. The van der Waals surface area contributed by atoms with Crippen LogP contribution in [-0.2, 0) is 6.42 Å². The Morgan fingerprint density at radius 1 is 1.07 bits per heavy atom. The summed E-state index contributed by atoms with van der Waals surface area (Å²) in [5.41, 5.74) is 4.81. The number of amides is 2. The quantitative estimate of drug-likeness (QED) is 0.824. The number of aryl methyl sites for hydroxylation is 2. The Balaban J connectivity index is 1.48. The van der Waals surface area contributed by atoms with E-state index in [1.165, 1.54) is 29.5 Å². The van der Waals surface area contributed by atoms with Gasteiger partial charge in [0.2, 0.25) is 0 Å². The third kappa shape index (κ3) is 4.40. The second kappa shape index (κ2) is 8.87. The lowest BCUT2D eigenvalue weighted by atomic mass is 10.00. The zero-order valence-corrected chi connectivity index (χ0v) is 17.5. The average molecular weight is 394 g/mol. The number of benzene rings is 2. The summed E-state index contributed by atoms with van der Waals surface area (Å²) < 4.78 is 5.30. The largest absolute Gasteiger partial charge is 0.497 e. The van der Waals surface area contributed by atoms with Crippen molar-refractivity contribution in [2.45, 2.75) is 38.6 Å². The summed E-state index contributed by atoms with van der Waals surface area (Å²) in [6.07, 6.45) is 4.50. The molecule has 1 atom stereocenters. The third-order valence-electron chi connectivity index (χ3n) is 6.13. The van der Waals surface area contributed by atoms with Crippen LogP contribution in [0.5, 0.6) is 5.75 Å². The number of nitrogens with zero attached hydrogens (tertiary/aromatic N) is 2. The molecule has 2 aromatic carbocycles. The fourth-order valence-electron chi connectivity index (χ4n) is 4.55. The van der Waals surface area contributed by atoms with Crippen molar-refractivity contribution in [1.29, 1.82) is 0 Å². The Hall–Kier alpha value is -2.53. The smallest absolute Gasteiger partial charge is 0.321 e. The minimum Gasteiger partial charge on any atom is -0.497 e. The molecule has 1 N–H and O–H groups in total. The molecule has 0 radical (unpaired) electrons. The molecule has 0 aromatic heterocycles. The van der Waals surface area contributed by atoms with E-state index in [1.807, 2.05) is 17.0 Å². The lowest BCUT2D eigenvalue weighted by Crippen LogP contribution is -2.46. The molecule has 0 aliphatic carbocycles. The Bertz CT molecular complexity index is 844. The molecule has 2 aromatic rings. The number of carbonyl (C=O) groups is 1. The van der Waals surface area contributed by atoms with Gasteiger partial charge in [-0.2, -0.15) is 0 Å². The van der Waals surface area contributed by atoms with E-state index >= 15 is 0 Å². The van der Waals surface area contributed by atoms with Crippen molar-refractivity contribution in [2.75, 3.05) is 38.2 Å². The van der Waals surface area contributed by atoms with Crippen LogP contribution in [0.25, 0.3) is 0 Å². The fraction of sp³-hybridized carbons (Fsp3) is 0.458. The number of hydrogen-bond acceptors (Lipinski definition) is 3. The second-order valence-corrected chi connectivity index (χ2v) is 8.11. The topological polar surface area (TPSA) is 44.8 Å². The first kappa shape index (κ1) is 19.8. The predicted molar refractivity (Wildman–Crippen MR) is 117 cm³/mol. The zero-order valence-electron chi connectivity index (χ0n) is 17.5. The summed E-state index contributed by atoms with van der Waals surface area (Å²) in [5.74, 6) is 0.859. The predicted octanol–water partition coefficient (Wildman–Crippen LogP) is 4.30. The Morgan fingerprint density at radius 2 is 1.83 bits per heavy atom. The number of anilines is 1. The first-order valence-corrected chi connectivity index (χ1v) is 10.7. The van der Waals surface area contributed by atoms with Gasteiger partial charge < -0.3 is 10.1 Å². The van der Waals surface area contributed by atoms with E-state index in [9.17, 15) is 4.79 Å². The number of nitrogens with one attached hydrogen (secondary N) is 1. The van der Waals surface area contributed by atoms with Crippen LogP contribution >= 0.6 is 0 Å². The second-order valence-electron chi connectivity index (χ2n) is 8.11. The van der Waals surface area contributed by atoms with E-state index in [1.54, 1.807) is 7.11 Å². The van der Waals surface area contributed by atoms with E-state index < -0.39 is 0 Å². The molecule has 2 aliphatic heterocycles. The molecular formula is C24H31N3O2. The highest BCUT2D eigenvalue weighted by atomic mass is 16.5. The van der Waals surface area contributed by atoms with E-state index in [0.29, 0.717) is 6.54 Å². The average Bonchev–Trinajstić information content (AvgIpc) is 3.28. The number of ether oxygens (including phenoxy) is 1. The minimum absolute atomic E-state index is 0.00696. The van der Waals surface area contributed by atoms with Crippen molar-refractivity contribution in [3.63, 3.8) is 0 Å². The zero-order chi connectivity index (χ0) is 20.2. The van der Waals surface area contributed by atoms with Gasteiger partial charge in [-0.15, -0.1) is 0 Å². The van der Waals surface area contributed by atoms with Crippen molar-refractivity contribution < 1.29 is 9.53 Å². The maximum absolute atomic E-state index is 13.1. The van der Waals surface area contributed by atoms with Crippen molar-refractivity contribution in [3.8, 4) is 5.75 Å². The highest BCUT2D eigenvalue weighted by molar-refractivity contribution is 5.93. The fourth-order valence-corrected chi connectivity index (χ4v) is 4.55. The molecule has 29 heavy (non-hydrogen) atoms. The van der Waals surface area contributed by atoms with Crippen molar-refractivity contribution >= 4 is 11.7 Å². The Labute approximate surface area is 173 Å². The van der Waals surface area contributed by atoms with E-state index in [-0.39, 0.29) is 12.1 Å². The summed E-state index contributed by atoms with van der Waals surface area (Å²) in [5, 5.41) is 3.23. The maximum atomic E-state index is 13.1. The Kier molecular flexibility index (Phi) is 6.05. The summed E-state index contributed by atoms with van der Waals surface area (Å²) in [7, 11) is 1.69. The number of fused-ring (bicyclic) bond motifs is 1. The number of rotatable bonds is 5. The van der Waals surface area contributed by atoms with Crippen LogP contribution in [0, 0.1) is 6.92 Å². The number of carbonyl (C=O) groups excluding carboxylic acids is 1. The highest BCUT2D eigenvalue weighted by Gasteiger charge is 2.27. The van der Waals surface area contributed by atoms with E-state index in [4.69, 9.17) is 4.74 Å². The molecule has 5 nitrogen and oxygen atoms in total. The maximum Gasteiger partial charge on any atom is 0.321 e. The van der Waals surface area contributed by atoms with Gasteiger partial charge in [0, 0.05) is 18.8 Å². The molecule has 1 unspecified atom stereocenters. The SMILES string of the molecule is COc1ccc(C(CNC(=O)N2CCCc3cc(C)ccc32)N2CCCC2)cc1. The summed E-state index contributed by atoms with van der Waals surface area (Å²) >= 11 is 0. The standard InChI is InChI=1S/C24H31N3O2/c1-18-7-12-22-20(16-18)6-5-15-27(22)24(28)25-17-23(26-13-3-4-14-26)19-8-10-21(29-2)11-9-19/h7-12,16,23H,3-6,13-15,17H2,1-2H3,(H,25,28). The number of likely N-dealkylation sites (tertiary alicyclic amines) is 1. The van der Waals surface area contributed by atoms with E-state index in [2.05, 4.69) is 47.5 Å². The molecule has 0 bridgehead atoms. The molecule has 5 heteroatoms. The van der Waals surface area contributed by atoms with Crippen molar-refractivity contribution in [3.05, 3.63) is 59.2 Å². The van der Waals surface area contributed by atoms with Crippen LogP contribution in [0.2, 0.25) is 0 Å². The van der Waals surface area contributed by atoms with Crippen LogP contribution < -0.4 is 15.0 Å². The van der Waals surface area contributed by atoms with Gasteiger partial charge in [0.25, 0.3) is 0 Å². The van der Waals surface area contributed by atoms with Crippen LogP contribution in [0.15, 0.2) is 42.5 Å². The minimum atomic E-state index is 0.00696. The molecule has 1 fully saturated rings. The molecule has 0 spiro atoms. The van der Waals surface area contributed by atoms with Crippen LogP contribution in [0.1, 0.15) is 42.0 Å². The molecule has 2 aliphatic rings. The van der Waals surface area contributed by atoms with Crippen molar-refractivity contribution in [1.82, 2.24) is 10.2 Å². The molecule has 2 heterocycles. The normalized spacial score (nSPS) is 17.7. The molecule has 1 saturated heterocycles. The van der Waals surface area contributed by atoms with Crippen LogP contribution in [0.3, 0.4) is 0 Å². The third-order valence-corrected chi connectivity index (χ3v) is 6.13. The van der Waals surface area contributed by atoms with Gasteiger partial charge in [0.05, 0.1) is 13.2 Å². The molecule has 0 saturated carbocycles. The first-order valence-electron chi connectivity index (χ1n) is 10.7. The van der Waals surface area contributed by atoms with Gasteiger partial charge in [0.1, 0.15) is 5.75 Å². The molecule has 2 amide bonds. The number of hydrogen-bond donors (Lipinski definition) is 1. The van der Waals surface area contributed by atoms with Gasteiger partial charge in [-0.05, 0) is 75.0 Å². The molecular weight excluding hydrogens is 362 g/mol. The van der Waals surface area contributed by atoms with Crippen LogP contribution in [-0.4, -0.2) is 44.2 Å². The highest BCUT2D eigenvalue weighted by Crippen LogP contribution is 2.29. The monoisotopic (exact) mass is 393 g/mol. The Morgan fingerprint density at radius 3 is 2.55 bits per heavy atom. The summed E-state index contributed by atoms with van der Waals surface area (Å²) in [4.78, 5) is 17.5. The molecule has 154 valence electrons. The van der Waals surface area contributed by atoms with Gasteiger partial charge in [-0.3, -0.25) is 9.80 Å². The summed E-state index contributed by atoms with van der Waals surface area (Å²) in [6.45, 7) is 5.66. The van der Waals surface area contributed by atoms with Crippen LogP contribution in [0.4, 0.5) is 10.5 Å². The lowest BCUT2D eigenvalue weighted by Gasteiger charge is -2.32. The first-order chi connectivity index (χ1) is 14.2. The van der Waals surface area contributed by atoms with Crippen molar-refractivity contribution in [2.24, 2.45) is 0 Å². The molecule has 4 rings (SSSR count). The van der Waals surface area contributed by atoms with E-state index in [0.717, 1.165) is 43.9 Å². The number of methoxy groups -OCH3 is 1. The lowest BCUT2D eigenvalue weighted by molar-refractivity contribution is 0.224. The van der Waals surface area contributed by atoms with Gasteiger partial charge >= 0.3 is 6.03 Å². The van der Waals surface area contributed by atoms with Gasteiger partial charge in [0.15, 0.2) is 0 Å².